The Morgan fingerprint density at radius 1 is 1.33 bits per heavy atom. The number of fused-ring (bicyclic) bond motifs is 1. The highest BCUT2D eigenvalue weighted by Gasteiger charge is 2.35. The van der Waals surface area contributed by atoms with Crippen LogP contribution in [0.15, 0.2) is 56.5 Å². The monoisotopic (exact) mass is 422 g/mol. The third kappa shape index (κ3) is 3.84. The van der Waals surface area contributed by atoms with E-state index in [9.17, 15) is 9.59 Å². The number of carbonyl (C=O) groups is 2. The number of hydrogen-bond donors (Lipinski definition) is 2. The molecule has 0 aliphatic carbocycles. The Morgan fingerprint density at radius 3 is 2.93 bits per heavy atom. The van der Waals surface area contributed by atoms with Gasteiger partial charge in [0.1, 0.15) is 16.6 Å². The quantitative estimate of drug-likeness (QED) is 0.664. The van der Waals surface area contributed by atoms with Crippen LogP contribution >= 0.6 is 11.8 Å². The van der Waals surface area contributed by atoms with Gasteiger partial charge in [0.25, 0.3) is 5.91 Å². The average Bonchev–Trinajstić information content (AvgIpc) is 3.36. The maximum absolute atomic E-state index is 12.5. The number of nitrogens with zero attached hydrogens (tertiary/aromatic N) is 3. The maximum atomic E-state index is 12.5. The number of carbonyl (C=O) groups excluding carboxylic acids is 1. The number of aromatic carboxylic acids is 1. The molecular formula is C21H18N4O4S. The first-order valence-electron chi connectivity index (χ1n) is 9.39. The van der Waals surface area contributed by atoms with E-state index in [1.807, 2.05) is 0 Å². The first-order valence-corrected chi connectivity index (χ1v) is 10.2. The zero-order valence-corrected chi connectivity index (χ0v) is 16.9. The van der Waals surface area contributed by atoms with E-state index in [1.54, 1.807) is 24.3 Å². The molecule has 0 spiro atoms. The van der Waals surface area contributed by atoms with Gasteiger partial charge in [0.15, 0.2) is 5.84 Å². The van der Waals surface area contributed by atoms with Gasteiger partial charge in [-0.25, -0.2) is 4.79 Å². The molecule has 0 fully saturated rings. The number of amidine groups is 2. The van der Waals surface area contributed by atoms with E-state index < -0.39 is 11.9 Å². The van der Waals surface area contributed by atoms with E-state index in [4.69, 9.17) is 14.9 Å². The Kier molecular flexibility index (Phi) is 5.37. The van der Waals surface area contributed by atoms with Gasteiger partial charge in [-0.05, 0) is 54.9 Å². The molecule has 152 valence electrons. The molecule has 0 saturated carbocycles. The van der Waals surface area contributed by atoms with Gasteiger partial charge in [0.05, 0.1) is 11.1 Å². The molecule has 1 aromatic heterocycles. The second kappa shape index (κ2) is 8.11. The summed E-state index contributed by atoms with van der Waals surface area (Å²) in [6.45, 7) is 2.09. The summed E-state index contributed by atoms with van der Waals surface area (Å²) < 4.78 is 5.76. The summed E-state index contributed by atoms with van der Waals surface area (Å²) in [4.78, 5) is 27.7. The SMILES string of the molecule is CCCCC1=NN2C(=N)/C(=C/c3ccc(-c4cccc(C(=O)O)c4)o3)C(=O)N=C2S1. The van der Waals surface area contributed by atoms with Gasteiger partial charge in [-0.3, -0.25) is 10.2 Å². The van der Waals surface area contributed by atoms with Crippen LogP contribution in [0.5, 0.6) is 0 Å². The van der Waals surface area contributed by atoms with E-state index in [0.29, 0.717) is 22.3 Å². The van der Waals surface area contributed by atoms with Crippen molar-refractivity contribution in [3.8, 4) is 11.3 Å². The molecule has 2 aromatic rings. The van der Waals surface area contributed by atoms with Crippen molar-refractivity contribution >= 4 is 45.8 Å². The van der Waals surface area contributed by atoms with Gasteiger partial charge in [-0.15, -0.1) is 0 Å². The summed E-state index contributed by atoms with van der Waals surface area (Å²) in [5.41, 5.74) is 0.837. The lowest BCUT2D eigenvalue weighted by Gasteiger charge is -2.19. The third-order valence-corrected chi connectivity index (χ3v) is 5.52. The normalized spacial score (nSPS) is 17.2. The highest BCUT2D eigenvalue weighted by atomic mass is 32.2. The number of thioether (sulfide) groups is 1. The van der Waals surface area contributed by atoms with Crippen LogP contribution in [-0.2, 0) is 4.79 Å². The van der Waals surface area contributed by atoms with Gasteiger partial charge in [0, 0.05) is 5.56 Å². The van der Waals surface area contributed by atoms with Crippen LogP contribution in [-0.4, -0.2) is 38.0 Å². The zero-order valence-electron chi connectivity index (χ0n) is 16.1. The lowest BCUT2D eigenvalue weighted by Crippen LogP contribution is -2.35. The van der Waals surface area contributed by atoms with Gasteiger partial charge in [-0.1, -0.05) is 25.5 Å². The Bertz CT molecular complexity index is 1150. The van der Waals surface area contributed by atoms with Gasteiger partial charge < -0.3 is 9.52 Å². The second-order valence-electron chi connectivity index (χ2n) is 6.71. The number of benzene rings is 1. The molecule has 9 heteroatoms. The molecule has 3 heterocycles. The first-order chi connectivity index (χ1) is 14.5. The zero-order chi connectivity index (χ0) is 21.3. The molecule has 0 radical (unpaired) electrons. The number of carboxylic acid groups (broad SMARTS) is 1. The lowest BCUT2D eigenvalue weighted by atomic mass is 10.1. The van der Waals surface area contributed by atoms with Crippen molar-refractivity contribution in [2.45, 2.75) is 26.2 Å². The molecule has 4 rings (SSSR count). The molecule has 2 aliphatic heterocycles. The van der Waals surface area contributed by atoms with Crippen LogP contribution in [0, 0.1) is 5.41 Å². The number of unbranched alkanes of at least 4 members (excludes halogenated alkanes) is 1. The number of carboxylic acids is 1. The van der Waals surface area contributed by atoms with Crippen molar-refractivity contribution in [3.63, 3.8) is 0 Å². The Hall–Kier alpha value is -3.46. The lowest BCUT2D eigenvalue weighted by molar-refractivity contribution is -0.114. The van der Waals surface area contributed by atoms with Crippen molar-refractivity contribution in [1.82, 2.24) is 5.01 Å². The molecular weight excluding hydrogens is 404 g/mol. The highest BCUT2D eigenvalue weighted by molar-refractivity contribution is 8.26. The van der Waals surface area contributed by atoms with Crippen molar-refractivity contribution in [2.75, 3.05) is 0 Å². The Morgan fingerprint density at radius 2 is 2.17 bits per heavy atom. The highest BCUT2D eigenvalue weighted by Crippen LogP contribution is 2.31. The number of furan rings is 1. The molecule has 0 atom stereocenters. The smallest absolute Gasteiger partial charge is 0.335 e. The minimum Gasteiger partial charge on any atom is -0.478 e. The minimum absolute atomic E-state index is 0.0465. The van der Waals surface area contributed by atoms with E-state index >= 15 is 0 Å². The molecule has 8 nitrogen and oxygen atoms in total. The molecule has 30 heavy (non-hydrogen) atoms. The van der Waals surface area contributed by atoms with Crippen LogP contribution in [0.25, 0.3) is 17.4 Å². The molecule has 2 N–H and O–H groups in total. The number of amides is 1. The fourth-order valence-corrected chi connectivity index (χ4v) is 3.92. The van der Waals surface area contributed by atoms with E-state index in [0.717, 1.165) is 24.3 Å². The number of hydrazone groups is 1. The van der Waals surface area contributed by atoms with Crippen LogP contribution in [0.3, 0.4) is 0 Å². The van der Waals surface area contributed by atoms with Crippen molar-refractivity contribution in [1.29, 1.82) is 5.41 Å². The summed E-state index contributed by atoms with van der Waals surface area (Å²) in [6, 6.07) is 9.72. The van der Waals surface area contributed by atoms with Crippen LogP contribution < -0.4 is 0 Å². The van der Waals surface area contributed by atoms with Crippen LogP contribution in [0.4, 0.5) is 0 Å². The second-order valence-corrected chi connectivity index (χ2v) is 7.75. The topological polar surface area (TPSA) is 119 Å². The summed E-state index contributed by atoms with van der Waals surface area (Å²) in [7, 11) is 0. The largest absolute Gasteiger partial charge is 0.478 e. The number of nitrogens with one attached hydrogen (secondary N) is 1. The van der Waals surface area contributed by atoms with Gasteiger partial charge in [0.2, 0.25) is 5.17 Å². The maximum Gasteiger partial charge on any atom is 0.335 e. The number of rotatable bonds is 6. The van der Waals surface area contributed by atoms with Gasteiger partial charge >= 0.3 is 5.97 Å². The molecule has 2 aliphatic rings. The molecule has 1 aromatic carbocycles. The molecule has 0 bridgehead atoms. The van der Waals surface area contributed by atoms with Crippen molar-refractivity contribution < 1.29 is 19.1 Å². The van der Waals surface area contributed by atoms with Crippen molar-refractivity contribution in [2.24, 2.45) is 10.1 Å². The van der Waals surface area contributed by atoms with E-state index in [-0.39, 0.29) is 17.0 Å². The fourth-order valence-electron chi connectivity index (χ4n) is 2.99. The molecule has 1 amide bonds. The molecule has 0 unspecified atom stereocenters. The Balaban J connectivity index is 1.60. The number of hydrogen-bond acceptors (Lipinski definition) is 6. The standard InChI is InChI=1S/C21H18N4O4S/c1-2-3-7-17-24-25-18(22)15(19(26)23-21(25)30-17)11-14-8-9-16(29-14)12-5-4-6-13(10-12)20(27)28/h4-6,8-11,22H,2-3,7H2,1H3,(H,27,28)/b15-11-,22-18?. The van der Waals surface area contributed by atoms with Crippen LogP contribution in [0.1, 0.15) is 42.3 Å². The van der Waals surface area contributed by atoms with E-state index in [1.165, 1.54) is 35.0 Å². The van der Waals surface area contributed by atoms with E-state index in [2.05, 4.69) is 17.0 Å². The first kappa shape index (κ1) is 19.8. The predicted molar refractivity (Wildman–Crippen MR) is 116 cm³/mol. The van der Waals surface area contributed by atoms with Crippen molar-refractivity contribution in [3.05, 3.63) is 53.3 Å². The third-order valence-electron chi connectivity index (χ3n) is 4.55. The summed E-state index contributed by atoms with van der Waals surface area (Å²) in [5, 5.41) is 24.6. The number of aliphatic imine (C=N–C) groups is 1. The predicted octanol–water partition coefficient (Wildman–Crippen LogP) is 4.45. The Labute approximate surface area is 176 Å². The summed E-state index contributed by atoms with van der Waals surface area (Å²) >= 11 is 1.32. The fraction of sp³-hybridized carbons (Fsp3) is 0.190. The van der Waals surface area contributed by atoms with Crippen LogP contribution in [0.2, 0.25) is 0 Å². The summed E-state index contributed by atoms with van der Waals surface area (Å²) in [5.74, 6) is -0.769. The average molecular weight is 422 g/mol. The summed E-state index contributed by atoms with van der Waals surface area (Å²) in [6.07, 6.45) is 4.26. The molecule has 0 saturated heterocycles. The van der Waals surface area contributed by atoms with Gasteiger partial charge in [-0.2, -0.15) is 15.1 Å². The minimum atomic E-state index is -1.02.